The topological polar surface area (TPSA) is 35.5 Å². The van der Waals surface area contributed by atoms with Gasteiger partial charge in [-0.25, -0.2) is 0 Å². The van der Waals surface area contributed by atoms with E-state index < -0.39 is 5.41 Å². The number of thioether (sulfide) groups is 1. The first-order valence-corrected chi connectivity index (χ1v) is 5.41. The zero-order valence-electron chi connectivity index (χ0n) is 8.33. The molecular formula is C9H16O3S. The summed E-state index contributed by atoms with van der Waals surface area (Å²) < 4.78 is 10.3. The van der Waals surface area contributed by atoms with E-state index in [1.807, 2.05) is 20.8 Å². The predicted molar refractivity (Wildman–Crippen MR) is 52.6 cm³/mol. The first-order valence-electron chi connectivity index (χ1n) is 4.37. The summed E-state index contributed by atoms with van der Waals surface area (Å²) in [7, 11) is 0. The summed E-state index contributed by atoms with van der Waals surface area (Å²) in [6, 6.07) is 0. The largest absolute Gasteiger partial charge is 0.464 e. The first kappa shape index (κ1) is 10.9. The minimum absolute atomic E-state index is 0.139. The summed E-state index contributed by atoms with van der Waals surface area (Å²) >= 11 is 1.70. The van der Waals surface area contributed by atoms with Crippen molar-refractivity contribution >= 4 is 17.7 Å². The molecule has 1 atom stereocenters. The third kappa shape index (κ3) is 3.56. The molecule has 1 aliphatic rings. The molecule has 13 heavy (non-hydrogen) atoms. The Hall–Kier alpha value is -0.220. The van der Waals surface area contributed by atoms with Gasteiger partial charge in [-0.1, -0.05) is 0 Å². The molecular weight excluding hydrogens is 188 g/mol. The van der Waals surface area contributed by atoms with Gasteiger partial charge in [0, 0.05) is 0 Å². The average Bonchev–Trinajstić information content (AvgIpc) is 2.50. The highest BCUT2D eigenvalue weighted by atomic mass is 32.2. The summed E-state index contributed by atoms with van der Waals surface area (Å²) in [6.07, 6.45) is 0. The Labute approximate surface area is 83.2 Å². The molecule has 0 aromatic heterocycles. The van der Waals surface area contributed by atoms with Crippen LogP contribution < -0.4 is 0 Å². The highest BCUT2D eigenvalue weighted by Crippen LogP contribution is 2.21. The van der Waals surface area contributed by atoms with E-state index in [2.05, 4.69) is 0 Å². The highest BCUT2D eigenvalue weighted by molar-refractivity contribution is 8.00. The molecule has 0 amide bonds. The predicted octanol–water partition coefficient (Wildman–Crippen LogP) is 1.67. The van der Waals surface area contributed by atoms with Gasteiger partial charge in [-0.05, 0) is 20.8 Å². The van der Waals surface area contributed by atoms with Crippen molar-refractivity contribution in [3.63, 3.8) is 0 Å². The van der Waals surface area contributed by atoms with E-state index in [9.17, 15) is 4.79 Å². The summed E-state index contributed by atoms with van der Waals surface area (Å²) in [5.41, 5.74) is -0.399. The van der Waals surface area contributed by atoms with E-state index in [1.165, 1.54) is 0 Å². The maximum atomic E-state index is 11.3. The molecule has 0 radical (unpaired) electrons. The molecule has 1 saturated heterocycles. The van der Waals surface area contributed by atoms with Crippen LogP contribution in [0.1, 0.15) is 20.8 Å². The van der Waals surface area contributed by atoms with Crippen molar-refractivity contribution in [2.45, 2.75) is 26.0 Å². The molecule has 0 spiro atoms. The Morgan fingerprint density at radius 1 is 1.62 bits per heavy atom. The fraction of sp³-hybridized carbons (Fsp3) is 0.889. The Balaban J connectivity index is 2.22. The van der Waals surface area contributed by atoms with Gasteiger partial charge in [0.05, 0.1) is 23.2 Å². The minimum Gasteiger partial charge on any atom is -0.464 e. The monoisotopic (exact) mass is 204 g/mol. The first-order chi connectivity index (χ1) is 6.00. The number of esters is 1. The Morgan fingerprint density at radius 2 is 2.31 bits per heavy atom. The van der Waals surface area contributed by atoms with Crippen molar-refractivity contribution < 1.29 is 14.3 Å². The summed E-state index contributed by atoms with van der Waals surface area (Å²) in [5, 5.41) is 0.325. The molecule has 1 heterocycles. The van der Waals surface area contributed by atoms with Crippen LogP contribution in [-0.4, -0.2) is 30.4 Å². The van der Waals surface area contributed by atoms with Gasteiger partial charge >= 0.3 is 5.97 Å². The Kier molecular flexibility index (Phi) is 3.62. The van der Waals surface area contributed by atoms with Gasteiger partial charge in [0.15, 0.2) is 0 Å². The Bertz CT molecular complexity index is 180. The van der Waals surface area contributed by atoms with Crippen LogP contribution in [0.5, 0.6) is 0 Å². The summed E-state index contributed by atoms with van der Waals surface area (Å²) in [5.74, 6) is 0.581. The second-order valence-corrected chi connectivity index (χ2v) is 5.36. The molecule has 0 aromatic carbocycles. The third-order valence-electron chi connectivity index (χ3n) is 1.70. The van der Waals surface area contributed by atoms with Crippen molar-refractivity contribution in [1.82, 2.24) is 0 Å². The van der Waals surface area contributed by atoms with Gasteiger partial charge in [0.2, 0.25) is 0 Å². The van der Waals surface area contributed by atoms with Crippen molar-refractivity contribution in [3.8, 4) is 0 Å². The smallest absolute Gasteiger partial charge is 0.311 e. The van der Waals surface area contributed by atoms with Crippen LogP contribution in [0.15, 0.2) is 0 Å². The van der Waals surface area contributed by atoms with E-state index in [0.717, 1.165) is 5.94 Å². The lowest BCUT2D eigenvalue weighted by Gasteiger charge is -2.17. The van der Waals surface area contributed by atoms with Gasteiger partial charge in [0.1, 0.15) is 6.61 Å². The highest BCUT2D eigenvalue weighted by Gasteiger charge is 2.25. The van der Waals surface area contributed by atoms with Crippen molar-refractivity contribution in [2.75, 3.05) is 19.2 Å². The number of hydrogen-bond donors (Lipinski definition) is 0. The minimum atomic E-state index is -0.399. The summed E-state index contributed by atoms with van der Waals surface area (Å²) in [6.45, 7) is 6.73. The van der Waals surface area contributed by atoms with Crippen LogP contribution in [0, 0.1) is 5.41 Å². The zero-order chi connectivity index (χ0) is 9.90. The molecule has 0 bridgehead atoms. The molecule has 1 rings (SSSR count). The second kappa shape index (κ2) is 4.33. The Morgan fingerprint density at radius 3 is 2.77 bits per heavy atom. The lowest BCUT2D eigenvalue weighted by Crippen LogP contribution is -2.26. The normalized spacial score (nSPS) is 23.2. The van der Waals surface area contributed by atoms with E-state index in [-0.39, 0.29) is 5.97 Å². The molecule has 1 unspecified atom stereocenters. The second-order valence-electron chi connectivity index (χ2n) is 4.13. The zero-order valence-corrected chi connectivity index (χ0v) is 9.15. The van der Waals surface area contributed by atoms with E-state index in [1.54, 1.807) is 11.8 Å². The lowest BCUT2D eigenvalue weighted by molar-refractivity contribution is -0.152. The molecule has 0 aliphatic carbocycles. The average molecular weight is 204 g/mol. The van der Waals surface area contributed by atoms with E-state index in [4.69, 9.17) is 9.47 Å². The summed E-state index contributed by atoms with van der Waals surface area (Å²) in [4.78, 5) is 11.3. The van der Waals surface area contributed by atoms with Crippen molar-refractivity contribution in [2.24, 2.45) is 5.41 Å². The van der Waals surface area contributed by atoms with E-state index in [0.29, 0.717) is 18.5 Å². The van der Waals surface area contributed by atoms with Crippen LogP contribution in [0.2, 0.25) is 0 Å². The molecule has 0 aromatic rings. The molecule has 4 heteroatoms. The fourth-order valence-electron chi connectivity index (χ4n) is 0.853. The van der Waals surface area contributed by atoms with Crippen LogP contribution in [-0.2, 0) is 14.3 Å². The maximum absolute atomic E-state index is 11.3. The van der Waals surface area contributed by atoms with Gasteiger partial charge in [-0.2, -0.15) is 0 Å². The molecule has 0 saturated carbocycles. The van der Waals surface area contributed by atoms with Crippen molar-refractivity contribution in [3.05, 3.63) is 0 Å². The third-order valence-corrected chi connectivity index (χ3v) is 2.75. The quantitative estimate of drug-likeness (QED) is 0.641. The number of carbonyl (C=O) groups excluding carboxylic acids is 1. The van der Waals surface area contributed by atoms with Gasteiger partial charge in [-0.15, -0.1) is 11.8 Å². The van der Waals surface area contributed by atoms with E-state index >= 15 is 0 Å². The van der Waals surface area contributed by atoms with Crippen LogP contribution in [0.25, 0.3) is 0 Å². The molecule has 3 nitrogen and oxygen atoms in total. The molecule has 1 fully saturated rings. The van der Waals surface area contributed by atoms with Gasteiger partial charge < -0.3 is 9.47 Å². The SMILES string of the molecule is CC(C)(C)C(=O)OCC1COCS1. The van der Waals surface area contributed by atoms with Gasteiger partial charge in [-0.3, -0.25) is 4.79 Å². The molecule has 1 aliphatic heterocycles. The van der Waals surface area contributed by atoms with Crippen LogP contribution in [0.3, 0.4) is 0 Å². The fourth-order valence-corrected chi connectivity index (χ4v) is 1.59. The van der Waals surface area contributed by atoms with Gasteiger partial charge in [0.25, 0.3) is 0 Å². The number of carbonyl (C=O) groups is 1. The number of rotatable bonds is 2. The standard InChI is InChI=1S/C9H16O3S/c1-9(2,3)8(10)12-5-7-4-11-6-13-7/h7H,4-6H2,1-3H3. The van der Waals surface area contributed by atoms with Crippen LogP contribution in [0.4, 0.5) is 0 Å². The number of hydrogen-bond acceptors (Lipinski definition) is 4. The number of ether oxygens (including phenoxy) is 2. The maximum Gasteiger partial charge on any atom is 0.311 e. The molecule has 0 N–H and O–H groups in total. The van der Waals surface area contributed by atoms with Crippen molar-refractivity contribution in [1.29, 1.82) is 0 Å². The lowest BCUT2D eigenvalue weighted by atomic mass is 9.97. The molecule has 76 valence electrons. The van der Waals surface area contributed by atoms with Crippen LogP contribution >= 0.6 is 11.8 Å².